The van der Waals surface area contributed by atoms with Crippen molar-refractivity contribution in [3.05, 3.63) is 58.7 Å². The minimum Gasteiger partial charge on any atom is -0.345 e. The van der Waals surface area contributed by atoms with E-state index in [2.05, 4.69) is 4.99 Å². The third-order valence-electron chi connectivity index (χ3n) is 3.93. The largest absolute Gasteiger partial charge is 0.416 e. The summed E-state index contributed by atoms with van der Waals surface area (Å²) in [5.74, 6) is -0.258. The van der Waals surface area contributed by atoms with Crippen LogP contribution in [-0.4, -0.2) is 31.1 Å². The minimum atomic E-state index is -4.45. The number of carbonyl (C=O) groups is 1. The van der Waals surface area contributed by atoms with Gasteiger partial charge in [0.15, 0.2) is 0 Å². The van der Waals surface area contributed by atoms with Crippen molar-refractivity contribution in [2.45, 2.75) is 12.7 Å². The molecule has 0 saturated heterocycles. The van der Waals surface area contributed by atoms with E-state index < -0.39 is 11.7 Å². The van der Waals surface area contributed by atoms with Crippen molar-refractivity contribution in [1.82, 2.24) is 4.90 Å². The van der Waals surface area contributed by atoms with E-state index in [0.717, 1.165) is 12.1 Å². The number of aliphatic imine (C=N–C) groups is 1. The number of fused-ring (bicyclic) bond motifs is 1. The first-order valence-corrected chi connectivity index (χ1v) is 7.34. The van der Waals surface area contributed by atoms with E-state index >= 15 is 0 Å². The van der Waals surface area contributed by atoms with Crippen LogP contribution in [0.25, 0.3) is 11.1 Å². The maximum Gasteiger partial charge on any atom is 0.416 e. The lowest BCUT2D eigenvalue weighted by Crippen LogP contribution is -2.22. The zero-order valence-corrected chi connectivity index (χ0v) is 13.2. The van der Waals surface area contributed by atoms with Crippen molar-refractivity contribution in [2.24, 2.45) is 4.99 Å². The summed E-state index contributed by atoms with van der Waals surface area (Å²) in [4.78, 5) is 17.9. The molecule has 0 aromatic heterocycles. The lowest BCUT2D eigenvalue weighted by Gasteiger charge is -2.17. The molecule has 124 valence electrons. The fraction of sp³-hybridized carbons (Fsp3) is 0.222. The quantitative estimate of drug-likeness (QED) is 0.818. The van der Waals surface area contributed by atoms with Crippen molar-refractivity contribution < 1.29 is 18.0 Å². The van der Waals surface area contributed by atoms with Gasteiger partial charge in [0.2, 0.25) is 0 Å². The van der Waals surface area contributed by atoms with E-state index in [1.165, 1.54) is 4.90 Å². The average Bonchev–Trinajstić information content (AvgIpc) is 3.00. The fourth-order valence-corrected chi connectivity index (χ4v) is 2.76. The zero-order valence-electron chi connectivity index (χ0n) is 13.2. The molecule has 1 amide bonds. The molecule has 1 aliphatic heterocycles. The molecule has 1 aliphatic rings. The molecule has 1 heterocycles. The number of carbonyl (C=O) groups excluding carboxylic acids is 1. The Labute approximate surface area is 137 Å². The maximum absolute atomic E-state index is 13.2. The van der Waals surface area contributed by atoms with Gasteiger partial charge in [-0.1, -0.05) is 18.2 Å². The molecule has 0 atom stereocenters. The lowest BCUT2D eigenvalue weighted by molar-refractivity contribution is -0.137. The molecule has 0 N–H and O–H groups in total. The van der Waals surface area contributed by atoms with Crippen molar-refractivity contribution in [2.75, 3.05) is 14.1 Å². The number of amides is 1. The maximum atomic E-state index is 13.2. The van der Waals surface area contributed by atoms with Gasteiger partial charge in [0.05, 0.1) is 12.1 Å². The minimum absolute atomic E-state index is 0.218. The van der Waals surface area contributed by atoms with E-state index in [4.69, 9.17) is 0 Å². The molecule has 24 heavy (non-hydrogen) atoms. The Kier molecular flexibility index (Phi) is 3.91. The van der Waals surface area contributed by atoms with Crippen LogP contribution in [0.2, 0.25) is 0 Å². The summed E-state index contributed by atoms with van der Waals surface area (Å²) >= 11 is 0. The van der Waals surface area contributed by atoms with Crippen molar-refractivity contribution in [3.63, 3.8) is 0 Å². The number of nitrogens with zero attached hydrogens (tertiary/aromatic N) is 2. The molecule has 3 rings (SSSR count). The first-order chi connectivity index (χ1) is 11.3. The number of alkyl halides is 3. The SMILES string of the molecule is CN(C)C(=O)c1ccccc1-c1cc(C(F)(F)F)cc2c1C=NC2. The zero-order chi connectivity index (χ0) is 17.5. The topological polar surface area (TPSA) is 32.7 Å². The van der Waals surface area contributed by atoms with E-state index in [-0.39, 0.29) is 12.5 Å². The second-order valence-corrected chi connectivity index (χ2v) is 5.81. The molecule has 3 nitrogen and oxygen atoms in total. The van der Waals surface area contributed by atoms with Crippen LogP contribution in [0.4, 0.5) is 13.2 Å². The summed E-state index contributed by atoms with van der Waals surface area (Å²) in [6.07, 6.45) is -2.88. The van der Waals surface area contributed by atoms with Gasteiger partial charge >= 0.3 is 6.18 Å². The summed E-state index contributed by atoms with van der Waals surface area (Å²) in [7, 11) is 3.22. The Hall–Kier alpha value is -2.63. The lowest BCUT2D eigenvalue weighted by atomic mass is 9.91. The molecule has 0 bridgehead atoms. The number of benzene rings is 2. The number of hydrogen-bond acceptors (Lipinski definition) is 2. The summed E-state index contributed by atoms with van der Waals surface area (Å²) in [5.41, 5.74) is 1.66. The number of halogens is 3. The van der Waals surface area contributed by atoms with Crippen LogP contribution >= 0.6 is 0 Å². The highest BCUT2D eigenvalue weighted by atomic mass is 19.4. The Morgan fingerprint density at radius 3 is 2.50 bits per heavy atom. The van der Waals surface area contributed by atoms with Crippen LogP contribution in [0, 0.1) is 0 Å². The average molecular weight is 332 g/mol. The smallest absolute Gasteiger partial charge is 0.345 e. The molecule has 2 aromatic rings. The summed E-state index contributed by atoms with van der Waals surface area (Å²) in [6.45, 7) is 0.218. The number of rotatable bonds is 2. The highest BCUT2D eigenvalue weighted by molar-refractivity contribution is 6.04. The monoisotopic (exact) mass is 332 g/mol. The van der Waals surface area contributed by atoms with Crippen LogP contribution in [0.15, 0.2) is 41.4 Å². The van der Waals surface area contributed by atoms with Gasteiger partial charge in [-0.25, -0.2) is 0 Å². The molecule has 0 aliphatic carbocycles. The Balaban J connectivity index is 2.26. The van der Waals surface area contributed by atoms with E-state index in [9.17, 15) is 18.0 Å². The van der Waals surface area contributed by atoms with Gasteiger partial charge in [0, 0.05) is 31.4 Å². The highest BCUT2D eigenvalue weighted by Crippen LogP contribution is 2.38. The van der Waals surface area contributed by atoms with Crippen molar-refractivity contribution >= 4 is 12.1 Å². The molecule has 2 aromatic carbocycles. The van der Waals surface area contributed by atoms with Gasteiger partial charge in [-0.2, -0.15) is 13.2 Å². The van der Waals surface area contributed by atoms with Crippen LogP contribution in [0.5, 0.6) is 0 Å². The van der Waals surface area contributed by atoms with Gasteiger partial charge in [-0.3, -0.25) is 9.79 Å². The van der Waals surface area contributed by atoms with E-state index in [0.29, 0.717) is 27.8 Å². The molecular weight excluding hydrogens is 317 g/mol. The second-order valence-electron chi connectivity index (χ2n) is 5.81. The van der Waals surface area contributed by atoms with Gasteiger partial charge in [0.1, 0.15) is 0 Å². The molecular formula is C18H15F3N2O. The fourth-order valence-electron chi connectivity index (χ4n) is 2.76. The molecule has 0 unspecified atom stereocenters. The third-order valence-corrected chi connectivity index (χ3v) is 3.93. The van der Waals surface area contributed by atoms with E-state index in [1.807, 2.05) is 0 Å². The predicted molar refractivity (Wildman–Crippen MR) is 86.2 cm³/mol. The van der Waals surface area contributed by atoms with Gasteiger partial charge in [-0.05, 0) is 34.9 Å². The summed E-state index contributed by atoms with van der Waals surface area (Å²) < 4.78 is 39.7. The molecule has 0 fully saturated rings. The van der Waals surface area contributed by atoms with Crippen LogP contribution in [0.1, 0.15) is 27.0 Å². The molecule has 6 heteroatoms. The van der Waals surface area contributed by atoms with Crippen LogP contribution < -0.4 is 0 Å². The summed E-state index contributed by atoms with van der Waals surface area (Å²) in [6, 6.07) is 8.91. The normalized spacial score (nSPS) is 13.0. The molecule has 0 saturated carbocycles. The Morgan fingerprint density at radius 1 is 1.12 bits per heavy atom. The Bertz CT molecular complexity index is 839. The molecule has 0 spiro atoms. The molecule has 0 radical (unpaired) electrons. The van der Waals surface area contributed by atoms with Crippen LogP contribution in [0.3, 0.4) is 0 Å². The number of hydrogen-bond donors (Lipinski definition) is 0. The highest BCUT2D eigenvalue weighted by Gasteiger charge is 2.33. The van der Waals surface area contributed by atoms with Crippen molar-refractivity contribution in [1.29, 1.82) is 0 Å². The van der Waals surface area contributed by atoms with Crippen molar-refractivity contribution in [3.8, 4) is 11.1 Å². The van der Waals surface area contributed by atoms with Gasteiger partial charge in [-0.15, -0.1) is 0 Å². The van der Waals surface area contributed by atoms with E-state index in [1.54, 1.807) is 44.6 Å². The van der Waals surface area contributed by atoms with Crippen LogP contribution in [-0.2, 0) is 12.7 Å². The second kappa shape index (κ2) is 5.78. The Morgan fingerprint density at radius 2 is 1.83 bits per heavy atom. The summed E-state index contributed by atoms with van der Waals surface area (Å²) in [5, 5.41) is 0. The van der Waals surface area contributed by atoms with Gasteiger partial charge < -0.3 is 4.90 Å². The first-order valence-electron chi connectivity index (χ1n) is 7.34. The first kappa shape index (κ1) is 16.2. The predicted octanol–water partition coefficient (Wildman–Crippen LogP) is 4.01. The standard InChI is InChI=1S/C18H15F3N2O/c1-23(2)17(24)14-6-4-3-5-13(14)15-8-12(18(19,20)21)7-11-9-22-10-16(11)15/h3-8,10H,9H2,1-2H3. The van der Waals surface area contributed by atoms with Gasteiger partial charge in [0.25, 0.3) is 5.91 Å². The third kappa shape index (κ3) is 2.79.